The van der Waals surface area contributed by atoms with Crippen LogP contribution >= 0.6 is 0 Å². The fraction of sp³-hybridized carbons (Fsp3) is 0.158. The lowest BCUT2D eigenvalue weighted by Crippen LogP contribution is -2.37. The Morgan fingerprint density at radius 1 is 1.00 bits per heavy atom. The van der Waals surface area contributed by atoms with Gasteiger partial charge in [-0.2, -0.15) is 5.10 Å². The molecule has 0 aliphatic rings. The van der Waals surface area contributed by atoms with Crippen molar-refractivity contribution in [2.24, 2.45) is 0 Å². The molecule has 0 unspecified atom stereocenters. The second-order valence-electron chi connectivity index (χ2n) is 5.60. The smallest absolute Gasteiger partial charge is 0.258 e. The van der Waals surface area contributed by atoms with Crippen LogP contribution in [-0.4, -0.2) is 21.7 Å². The molecule has 4 heteroatoms. The van der Waals surface area contributed by atoms with E-state index in [-0.39, 0.29) is 11.9 Å². The van der Waals surface area contributed by atoms with Crippen LogP contribution in [0.1, 0.15) is 24.2 Å². The molecule has 0 fully saturated rings. The highest BCUT2D eigenvalue weighted by Crippen LogP contribution is 2.20. The number of amides is 1. The number of para-hydroxylation sites is 1. The van der Waals surface area contributed by atoms with Crippen molar-refractivity contribution in [3.8, 4) is 5.69 Å². The van der Waals surface area contributed by atoms with Crippen LogP contribution in [0.3, 0.4) is 0 Å². The van der Waals surface area contributed by atoms with E-state index in [1.54, 1.807) is 10.9 Å². The third kappa shape index (κ3) is 3.16. The van der Waals surface area contributed by atoms with E-state index in [0.717, 1.165) is 11.4 Å². The maximum Gasteiger partial charge on any atom is 0.258 e. The number of carbonyl (C=O) groups is 1. The van der Waals surface area contributed by atoms with Gasteiger partial charge in [-0.15, -0.1) is 0 Å². The molecule has 0 radical (unpaired) electrons. The van der Waals surface area contributed by atoms with E-state index in [4.69, 9.17) is 0 Å². The molecule has 1 amide bonds. The molecule has 3 aromatic rings. The Hall–Kier alpha value is -2.88. The first-order chi connectivity index (χ1) is 11.2. The van der Waals surface area contributed by atoms with Crippen LogP contribution in [0.5, 0.6) is 0 Å². The molecule has 4 nitrogen and oxygen atoms in total. The third-order valence-corrected chi connectivity index (χ3v) is 3.65. The highest BCUT2D eigenvalue weighted by Gasteiger charge is 2.20. The Morgan fingerprint density at radius 2 is 1.70 bits per heavy atom. The van der Waals surface area contributed by atoms with Crippen LogP contribution in [0.25, 0.3) is 5.69 Å². The van der Waals surface area contributed by atoms with Crippen molar-refractivity contribution < 1.29 is 4.79 Å². The predicted molar refractivity (Wildman–Crippen MR) is 92.0 cm³/mol. The van der Waals surface area contributed by atoms with E-state index in [1.165, 1.54) is 0 Å². The SMILES string of the molecule is CC(C)N(C(=O)c1ccc(-n2cccn2)cc1)c1ccccc1. The summed E-state index contributed by atoms with van der Waals surface area (Å²) >= 11 is 0. The maximum absolute atomic E-state index is 12.9. The Labute approximate surface area is 136 Å². The minimum atomic E-state index is -0.00165. The first-order valence-electron chi connectivity index (χ1n) is 7.65. The summed E-state index contributed by atoms with van der Waals surface area (Å²) in [6, 6.07) is 19.2. The van der Waals surface area contributed by atoms with Gasteiger partial charge in [0.2, 0.25) is 0 Å². The van der Waals surface area contributed by atoms with Crippen LogP contribution in [0.15, 0.2) is 73.1 Å². The Kier molecular flexibility index (Phi) is 4.24. The number of carbonyl (C=O) groups excluding carboxylic acids is 1. The lowest BCUT2D eigenvalue weighted by atomic mass is 10.1. The Balaban J connectivity index is 1.89. The monoisotopic (exact) mass is 305 g/mol. The molecule has 0 saturated carbocycles. The van der Waals surface area contributed by atoms with E-state index in [9.17, 15) is 4.79 Å². The summed E-state index contributed by atoms with van der Waals surface area (Å²) in [5.41, 5.74) is 2.50. The number of rotatable bonds is 4. The zero-order valence-electron chi connectivity index (χ0n) is 13.3. The van der Waals surface area contributed by atoms with Gasteiger partial charge in [-0.1, -0.05) is 18.2 Å². The summed E-state index contributed by atoms with van der Waals surface area (Å²) in [4.78, 5) is 14.7. The molecule has 116 valence electrons. The van der Waals surface area contributed by atoms with Gasteiger partial charge in [-0.3, -0.25) is 4.79 Å². The molecule has 0 saturated heterocycles. The topological polar surface area (TPSA) is 38.1 Å². The minimum absolute atomic E-state index is 0.00165. The minimum Gasteiger partial charge on any atom is -0.306 e. The van der Waals surface area contributed by atoms with Gasteiger partial charge < -0.3 is 4.90 Å². The molecule has 0 N–H and O–H groups in total. The van der Waals surface area contributed by atoms with E-state index in [0.29, 0.717) is 5.56 Å². The molecule has 0 bridgehead atoms. The molecule has 0 spiro atoms. The normalized spacial score (nSPS) is 10.7. The van der Waals surface area contributed by atoms with Crippen LogP contribution in [0, 0.1) is 0 Å². The number of benzene rings is 2. The van der Waals surface area contributed by atoms with Gasteiger partial charge in [-0.25, -0.2) is 4.68 Å². The fourth-order valence-electron chi connectivity index (χ4n) is 2.56. The highest BCUT2D eigenvalue weighted by atomic mass is 16.2. The van der Waals surface area contributed by atoms with Gasteiger partial charge in [0, 0.05) is 29.7 Å². The molecule has 0 atom stereocenters. The standard InChI is InChI=1S/C19H19N3O/c1-15(2)22(18-7-4-3-5-8-18)19(23)16-9-11-17(12-10-16)21-14-6-13-20-21/h3-15H,1-2H3. The zero-order valence-corrected chi connectivity index (χ0v) is 13.3. The van der Waals surface area contributed by atoms with Crippen LogP contribution < -0.4 is 4.90 Å². The van der Waals surface area contributed by atoms with Crippen molar-refractivity contribution in [3.05, 3.63) is 78.6 Å². The second kappa shape index (κ2) is 6.48. The Bertz CT molecular complexity index is 762. The van der Waals surface area contributed by atoms with Crippen LogP contribution in [0.2, 0.25) is 0 Å². The van der Waals surface area contributed by atoms with Gasteiger partial charge in [0.25, 0.3) is 5.91 Å². The molecule has 0 aliphatic carbocycles. The molecule has 1 heterocycles. The quantitative estimate of drug-likeness (QED) is 0.732. The molecule has 0 aliphatic heterocycles. The van der Waals surface area contributed by atoms with Crippen molar-refractivity contribution in [2.75, 3.05) is 4.90 Å². The molecular weight excluding hydrogens is 286 g/mol. The fourth-order valence-corrected chi connectivity index (χ4v) is 2.56. The summed E-state index contributed by atoms with van der Waals surface area (Å²) in [5.74, 6) is -0.00165. The first kappa shape index (κ1) is 15.0. The maximum atomic E-state index is 12.9. The molecule has 1 aromatic heterocycles. The van der Waals surface area contributed by atoms with Crippen molar-refractivity contribution in [1.29, 1.82) is 0 Å². The van der Waals surface area contributed by atoms with Gasteiger partial charge in [0.15, 0.2) is 0 Å². The molecular formula is C19H19N3O. The average molecular weight is 305 g/mol. The first-order valence-corrected chi connectivity index (χ1v) is 7.65. The lowest BCUT2D eigenvalue weighted by molar-refractivity contribution is 0.0980. The number of nitrogens with zero attached hydrogens (tertiary/aromatic N) is 3. The summed E-state index contributed by atoms with van der Waals surface area (Å²) in [5, 5.41) is 4.19. The van der Waals surface area contributed by atoms with E-state index >= 15 is 0 Å². The van der Waals surface area contributed by atoms with E-state index < -0.39 is 0 Å². The van der Waals surface area contributed by atoms with Gasteiger partial charge in [-0.05, 0) is 56.3 Å². The number of aromatic nitrogens is 2. The predicted octanol–water partition coefficient (Wildman–Crippen LogP) is 3.93. The third-order valence-electron chi connectivity index (χ3n) is 3.65. The molecule has 23 heavy (non-hydrogen) atoms. The highest BCUT2D eigenvalue weighted by molar-refractivity contribution is 6.06. The summed E-state index contributed by atoms with van der Waals surface area (Å²) in [6.07, 6.45) is 3.61. The van der Waals surface area contributed by atoms with E-state index in [2.05, 4.69) is 5.10 Å². The summed E-state index contributed by atoms with van der Waals surface area (Å²) in [6.45, 7) is 4.03. The number of hydrogen-bond donors (Lipinski definition) is 0. The number of hydrogen-bond acceptors (Lipinski definition) is 2. The van der Waals surface area contributed by atoms with Gasteiger partial charge in [0.05, 0.1) is 5.69 Å². The van der Waals surface area contributed by atoms with E-state index in [1.807, 2.05) is 85.6 Å². The van der Waals surface area contributed by atoms with Crippen molar-refractivity contribution >= 4 is 11.6 Å². The van der Waals surface area contributed by atoms with Crippen molar-refractivity contribution in [3.63, 3.8) is 0 Å². The van der Waals surface area contributed by atoms with Gasteiger partial charge >= 0.3 is 0 Å². The van der Waals surface area contributed by atoms with Crippen LogP contribution in [0.4, 0.5) is 5.69 Å². The van der Waals surface area contributed by atoms with Crippen LogP contribution in [-0.2, 0) is 0 Å². The largest absolute Gasteiger partial charge is 0.306 e. The number of anilines is 1. The van der Waals surface area contributed by atoms with Crippen molar-refractivity contribution in [2.45, 2.75) is 19.9 Å². The Morgan fingerprint density at radius 3 is 2.26 bits per heavy atom. The molecule has 2 aromatic carbocycles. The summed E-state index contributed by atoms with van der Waals surface area (Å²) in [7, 11) is 0. The summed E-state index contributed by atoms with van der Waals surface area (Å²) < 4.78 is 1.77. The van der Waals surface area contributed by atoms with Gasteiger partial charge in [0.1, 0.15) is 0 Å². The molecule has 3 rings (SSSR count). The van der Waals surface area contributed by atoms with Crippen molar-refractivity contribution in [1.82, 2.24) is 9.78 Å². The average Bonchev–Trinajstić information content (AvgIpc) is 3.10. The zero-order chi connectivity index (χ0) is 16.2. The lowest BCUT2D eigenvalue weighted by Gasteiger charge is -2.27. The second-order valence-corrected chi connectivity index (χ2v) is 5.60.